The fourth-order valence-corrected chi connectivity index (χ4v) is 2.04. The van der Waals surface area contributed by atoms with Gasteiger partial charge in [0, 0.05) is 24.4 Å². The molecule has 0 bridgehead atoms. The summed E-state index contributed by atoms with van der Waals surface area (Å²) in [6.07, 6.45) is 0. The van der Waals surface area contributed by atoms with E-state index in [4.69, 9.17) is 4.74 Å². The first-order chi connectivity index (χ1) is 9.61. The Balaban J connectivity index is 2.18. The highest BCUT2D eigenvalue weighted by Gasteiger charge is 2.10. The van der Waals surface area contributed by atoms with Crippen LogP contribution in [0.15, 0.2) is 42.5 Å². The molecule has 20 heavy (non-hydrogen) atoms. The van der Waals surface area contributed by atoms with Crippen LogP contribution in [0.25, 0.3) is 0 Å². The quantitative estimate of drug-likeness (QED) is 0.880. The second-order valence-electron chi connectivity index (χ2n) is 4.63. The summed E-state index contributed by atoms with van der Waals surface area (Å²) in [5, 5.41) is 3.29. The van der Waals surface area contributed by atoms with Crippen molar-refractivity contribution in [1.82, 2.24) is 0 Å². The van der Waals surface area contributed by atoms with Gasteiger partial charge in [0.15, 0.2) is 11.6 Å². The van der Waals surface area contributed by atoms with Gasteiger partial charge in [-0.3, -0.25) is 0 Å². The molecule has 0 heterocycles. The van der Waals surface area contributed by atoms with Crippen LogP contribution < -0.4 is 5.32 Å². The molecule has 1 unspecified atom stereocenters. The zero-order valence-electron chi connectivity index (χ0n) is 11.5. The molecule has 0 fully saturated rings. The molecule has 2 aromatic carbocycles. The van der Waals surface area contributed by atoms with Crippen molar-refractivity contribution in [2.45, 2.75) is 19.6 Å². The third kappa shape index (κ3) is 3.33. The van der Waals surface area contributed by atoms with Crippen molar-refractivity contribution in [3.63, 3.8) is 0 Å². The van der Waals surface area contributed by atoms with Gasteiger partial charge in [-0.05, 0) is 30.7 Å². The molecule has 1 N–H and O–H groups in total. The third-order valence-corrected chi connectivity index (χ3v) is 3.13. The SMILES string of the molecule is COCc1ccccc1NC(C)c1ccc(F)c(F)c1. The van der Waals surface area contributed by atoms with Gasteiger partial charge < -0.3 is 10.1 Å². The van der Waals surface area contributed by atoms with E-state index in [9.17, 15) is 8.78 Å². The Kier molecular flexibility index (Phi) is 4.69. The number of benzene rings is 2. The van der Waals surface area contributed by atoms with Gasteiger partial charge in [-0.15, -0.1) is 0 Å². The van der Waals surface area contributed by atoms with Crippen LogP contribution in [0.4, 0.5) is 14.5 Å². The summed E-state index contributed by atoms with van der Waals surface area (Å²) < 4.78 is 31.3. The Bertz CT molecular complexity index is 586. The maximum Gasteiger partial charge on any atom is 0.159 e. The van der Waals surface area contributed by atoms with Gasteiger partial charge >= 0.3 is 0 Å². The molecule has 0 aromatic heterocycles. The number of hydrogen-bond acceptors (Lipinski definition) is 2. The number of halogens is 2. The molecule has 0 radical (unpaired) electrons. The molecule has 0 saturated heterocycles. The standard InChI is InChI=1S/C16H17F2NO/c1-11(12-7-8-14(17)15(18)9-12)19-16-6-4-3-5-13(16)10-20-2/h3-9,11,19H,10H2,1-2H3. The average molecular weight is 277 g/mol. The van der Waals surface area contributed by atoms with Crippen molar-refractivity contribution >= 4 is 5.69 Å². The first-order valence-corrected chi connectivity index (χ1v) is 6.40. The van der Waals surface area contributed by atoms with Gasteiger partial charge in [-0.1, -0.05) is 24.3 Å². The van der Waals surface area contributed by atoms with Crippen LogP contribution in [0.1, 0.15) is 24.1 Å². The number of rotatable bonds is 5. The monoisotopic (exact) mass is 277 g/mol. The lowest BCUT2D eigenvalue weighted by atomic mass is 10.1. The van der Waals surface area contributed by atoms with Crippen LogP contribution in [-0.2, 0) is 11.3 Å². The molecule has 0 aliphatic rings. The van der Waals surface area contributed by atoms with E-state index in [-0.39, 0.29) is 6.04 Å². The van der Waals surface area contributed by atoms with Crippen molar-refractivity contribution < 1.29 is 13.5 Å². The topological polar surface area (TPSA) is 21.3 Å². The van der Waals surface area contributed by atoms with E-state index < -0.39 is 11.6 Å². The largest absolute Gasteiger partial charge is 0.380 e. The van der Waals surface area contributed by atoms with Gasteiger partial charge in [0.25, 0.3) is 0 Å². The highest BCUT2D eigenvalue weighted by atomic mass is 19.2. The van der Waals surface area contributed by atoms with Gasteiger partial charge in [0.05, 0.1) is 6.61 Å². The Morgan fingerprint density at radius 1 is 1.10 bits per heavy atom. The summed E-state index contributed by atoms with van der Waals surface area (Å²) in [5.74, 6) is -1.66. The van der Waals surface area contributed by atoms with Crippen LogP contribution >= 0.6 is 0 Å². The van der Waals surface area contributed by atoms with Gasteiger partial charge in [-0.2, -0.15) is 0 Å². The zero-order valence-corrected chi connectivity index (χ0v) is 11.5. The molecule has 0 spiro atoms. The van der Waals surface area contributed by atoms with Crippen LogP contribution in [0.3, 0.4) is 0 Å². The van der Waals surface area contributed by atoms with Crippen LogP contribution in [0.2, 0.25) is 0 Å². The average Bonchev–Trinajstić information content (AvgIpc) is 2.44. The van der Waals surface area contributed by atoms with E-state index in [0.717, 1.165) is 17.3 Å². The number of nitrogens with one attached hydrogen (secondary N) is 1. The molecule has 4 heteroatoms. The van der Waals surface area contributed by atoms with Gasteiger partial charge in [-0.25, -0.2) is 8.78 Å². The second kappa shape index (κ2) is 6.48. The van der Waals surface area contributed by atoms with Gasteiger partial charge in [0.2, 0.25) is 0 Å². The second-order valence-corrected chi connectivity index (χ2v) is 4.63. The minimum atomic E-state index is -0.833. The lowest BCUT2D eigenvalue weighted by Crippen LogP contribution is -2.09. The number of anilines is 1. The predicted molar refractivity (Wildman–Crippen MR) is 75.6 cm³/mol. The fourth-order valence-electron chi connectivity index (χ4n) is 2.04. The molecule has 0 amide bonds. The maximum absolute atomic E-state index is 13.3. The number of ether oxygens (including phenoxy) is 1. The summed E-state index contributed by atoms with van der Waals surface area (Å²) in [5.41, 5.74) is 2.63. The first kappa shape index (κ1) is 14.5. The molecule has 0 aliphatic heterocycles. The number of hydrogen-bond donors (Lipinski definition) is 1. The normalized spacial score (nSPS) is 12.2. The van der Waals surface area contributed by atoms with E-state index in [1.807, 2.05) is 31.2 Å². The fraction of sp³-hybridized carbons (Fsp3) is 0.250. The highest BCUT2D eigenvalue weighted by Crippen LogP contribution is 2.24. The molecule has 2 aromatic rings. The summed E-state index contributed by atoms with van der Waals surface area (Å²) in [6, 6.07) is 11.5. The number of para-hydroxylation sites is 1. The Labute approximate surface area is 117 Å². The molecule has 106 valence electrons. The van der Waals surface area contributed by atoms with Crippen LogP contribution in [0, 0.1) is 11.6 Å². The van der Waals surface area contributed by atoms with E-state index in [1.165, 1.54) is 6.07 Å². The molecule has 0 saturated carbocycles. The van der Waals surface area contributed by atoms with Crippen molar-refractivity contribution in [2.75, 3.05) is 12.4 Å². The molecular weight excluding hydrogens is 260 g/mol. The summed E-state index contributed by atoms with van der Waals surface area (Å²) in [6.45, 7) is 2.39. The van der Waals surface area contributed by atoms with Crippen molar-refractivity contribution in [2.24, 2.45) is 0 Å². The Hall–Kier alpha value is -1.94. The first-order valence-electron chi connectivity index (χ1n) is 6.40. The van der Waals surface area contributed by atoms with E-state index in [0.29, 0.717) is 12.2 Å². The van der Waals surface area contributed by atoms with E-state index in [1.54, 1.807) is 13.2 Å². The number of methoxy groups -OCH3 is 1. The van der Waals surface area contributed by atoms with Crippen LogP contribution in [0.5, 0.6) is 0 Å². The Morgan fingerprint density at radius 3 is 2.55 bits per heavy atom. The summed E-state index contributed by atoms with van der Waals surface area (Å²) in [7, 11) is 1.63. The summed E-state index contributed by atoms with van der Waals surface area (Å²) in [4.78, 5) is 0. The van der Waals surface area contributed by atoms with Crippen molar-refractivity contribution in [1.29, 1.82) is 0 Å². The zero-order chi connectivity index (χ0) is 14.5. The lowest BCUT2D eigenvalue weighted by molar-refractivity contribution is 0.185. The highest BCUT2D eigenvalue weighted by molar-refractivity contribution is 5.52. The third-order valence-electron chi connectivity index (χ3n) is 3.13. The minimum absolute atomic E-state index is 0.136. The Morgan fingerprint density at radius 2 is 1.85 bits per heavy atom. The summed E-state index contributed by atoms with van der Waals surface area (Å²) >= 11 is 0. The van der Waals surface area contributed by atoms with E-state index >= 15 is 0 Å². The van der Waals surface area contributed by atoms with Crippen LogP contribution in [-0.4, -0.2) is 7.11 Å². The molecular formula is C16H17F2NO. The molecule has 2 rings (SSSR count). The predicted octanol–water partition coefficient (Wildman–Crippen LogP) is 4.28. The van der Waals surface area contributed by atoms with Crippen molar-refractivity contribution in [3.8, 4) is 0 Å². The smallest absolute Gasteiger partial charge is 0.159 e. The molecule has 2 nitrogen and oxygen atoms in total. The minimum Gasteiger partial charge on any atom is -0.380 e. The lowest BCUT2D eigenvalue weighted by Gasteiger charge is -2.18. The molecule has 0 aliphatic carbocycles. The van der Waals surface area contributed by atoms with Crippen molar-refractivity contribution in [3.05, 3.63) is 65.2 Å². The maximum atomic E-state index is 13.3. The van der Waals surface area contributed by atoms with E-state index in [2.05, 4.69) is 5.32 Å². The van der Waals surface area contributed by atoms with Gasteiger partial charge in [0.1, 0.15) is 0 Å². The molecule has 1 atom stereocenters.